The van der Waals surface area contributed by atoms with Gasteiger partial charge in [-0.25, -0.2) is 0 Å². The Hall–Kier alpha value is -3.28. The molecule has 158 valence electrons. The van der Waals surface area contributed by atoms with Crippen molar-refractivity contribution < 1.29 is 23.8 Å². The Kier molecular flexibility index (Phi) is 7.12. The van der Waals surface area contributed by atoms with Crippen molar-refractivity contribution in [2.75, 3.05) is 6.61 Å². The van der Waals surface area contributed by atoms with Gasteiger partial charge in [-0.2, -0.15) is 0 Å². The standard InChI is InChI=1S/C24H27NO5/c1-3-12-29-20-10-7-17(8-11-20)4-5-18-6-9-19-14-21(30-22(19)13-18)16(2)25-23(26)15-24(27)28/h6-11,13-14,16H,3-5,12,15H2,1-2H3,(H,25,26)(H,27,28). The van der Waals surface area contributed by atoms with Crippen molar-refractivity contribution in [1.82, 2.24) is 5.32 Å². The average Bonchev–Trinajstić information content (AvgIpc) is 3.14. The Labute approximate surface area is 175 Å². The summed E-state index contributed by atoms with van der Waals surface area (Å²) in [5, 5.41) is 12.3. The van der Waals surface area contributed by atoms with Gasteiger partial charge in [0.15, 0.2) is 0 Å². The number of aryl methyl sites for hydroxylation is 2. The number of ether oxygens (including phenoxy) is 1. The van der Waals surface area contributed by atoms with E-state index in [0.29, 0.717) is 5.76 Å². The number of benzene rings is 2. The van der Waals surface area contributed by atoms with Crippen LogP contribution in [0.1, 0.15) is 49.6 Å². The van der Waals surface area contributed by atoms with Crippen LogP contribution in [0, 0.1) is 0 Å². The van der Waals surface area contributed by atoms with E-state index in [4.69, 9.17) is 14.3 Å². The summed E-state index contributed by atoms with van der Waals surface area (Å²) in [6.07, 6.45) is 2.23. The molecule has 3 rings (SSSR count). The van der Waals surface area contributed by atoms with E-state index in [-0.39, 0.29) is 0 Å². The number of carbonyl (C=O) groups is 2. The van der Waals surface area contributed by atoms with Gasteiger partial charge in [0.1, 0.15) is 23.5 Å². The lowest BCUT2D eigenvalue weighted by molar-refractivity contribution is -0.140. The molecule has 0 saturated heterocycles. The van der Waals surface area contributed by atoms with Gasteiger partial charge in [-0.1, -0.05) is 31.2 Å². The molecular weight excluding hydrogens is 382 g/mol. The molecule has 0 fully saturated rings. The number of aliphatic carboxylic acids is 1. The van der Waals surface area contributed by atoms with E-state index in [2.05, 4.69) is 30.4 Å². The fourth-order valence-corrected chi connectivity index (χ4v) is 3.23. The molecule has 1 heterocycles. The molecule has 3 aromatic rings. The molecule has 0 spiro atoms. The SMILES string of the molecule is CCCOc1ccc(CCc2ccc3cc(C(C)NC(=O)CC(=O)O)oc3c2)cc1. The highest BCUT2D eigenvalue weighted by atomic mass is 16.5. The Morgan fingerprint density at radius 2 is 1.77 bits per heavy atom. The molecule has 30 heavy (non-hydrogen) atoms. The van der Waals surface area contributed by atoms with Gasteiger partial charge in [-0.15, -0.1) is 0 Å². The smallest absolute Gasteiger partial charge is 0.312 e. The molecule has 2 aromatic carbocycles. The predicted molar refractivity (Wildman–Crippen MR) is 115 cm³/mol. The number of nitrogens with one attached hydrogen (secondary N) is 1. The summed E-state index contributed by atoms with van der Waals surface area (Å²) in [5.41, 5.74) is 3.16. The summed E-state index contributed by atoms with van der Waals surface area (Å²) in [6, 6.07) is 15.8. The van der Waals surface area contributed by atoms with E-state index in [1.807, 2.05) is 30.3 Å². The van der Waals surface area contributed by atoms with Crippen LogP contribution in [0.15, 0.2) is 52.9 Å². The van der Waals surface area contributed by atoms with Crippen molar-refractivity contribution in [1.29, 1.82) is 0 Å². The van der Waals surface area contributed by atoms with Gasteiger partial charge in [0, 0.05) is 5.39 Å². The Bertz CT molecular complexity index is 1010. The fourth-order valence-electron chi connectivity index (χ4n) is 3.23. The lowest BCUT2D eigenvalue weighted by atomic mass is 10.0. The molecule has 1 aromatic heterocycles. The molecule has 0 bridgehead atoms. The lowest BCUT2D eigenvalue weighted by Crippen LogP contribution is -2.28. The minimum absolute atomic E-state index is 0.402. The number of carbonyl (C=O) groups excluding carboxylic acids is 1. The zero-order valence-electron chi connectivity index (χ0n) is 17.3. The summed E-state index contributed by atoms with van der Waals surface area (Å²) >= 11 is 0. The topological polar surface area (TPSA) is 88.8 Å². The van der Waals surface area contributed by atoms with Crippen LogP contribution in [0.5, 0.6) is 5.75 Å². The molecule has 1 atom stereocenters. The summed E-state index contributed by atoms with van der Waals surface area (Å²) in [4.78, 5) is 22.3. The zero-order chi connectivity index (χ0) is 21.5. The Morgan fingerprint density at radius 3 is 2.47 bits per heavy atom. The second-order valence-electron chi connectivity index (χ2n) is 7.37. The molecular formula is C24H27NO5. The zero-order valence-corrected chi connectivity index (χ0v) is 17.3. The van der Waals surface area contributed by atoms with Crippen LogP contribution >= 0.6 is 0 Å². The van der Waals surface area contributed by atoms with E-state index in [1.54, 1.807) is 6.92 Å². The second-order valence-corrected chi connectivity index (χ2v) is 7.37. The average molecular weight is 409 g/mol. The van der Waals surface area contributed by atoms with Crippen molar-refractivity contribution in [3.63, 3.8) is 0 Å². The van der Waals surface area contributed by atoms with Gasteiger partial charge in [0.05, 0.1) is 12.6 Å². The highest BCUT2D eigenvalue weighted by molar-refractivity contribution is 5.93. The molecule has 6 heteroatoms. The third-order valence-corrected chi connectivity index (χ3v) is 4.82. The molecule has 0 aliphatic carbocycles. The maximum Gasteiger partial charge on any atom is 0.312 e. The van der Waals surface area contributed by atoms with E-state index in [1.165, 1.54) is 5.56 Å². The predicted octanol–water partition coefficient (Wildman–Crippen LogP) is 4.66. The van der Waals surface area contributed by atoms with Gasteiger partial charge in [-0.05, 0) is 61.6 Å². The normalized spacial score (nSPS) is 11.9. The monoisotopic (exact) mass is 409 g/mol. The summed E-state index contributed by atoms with van der Waals surface area (Å²) < 4.78 is 11.5. The quantitative estimate of drug-likeness (QED) is 0.476. The number of hydrogen-bond donors (Lipinski definition) is 2. The second kappa shape index (κ2) is 9.96. The number of fused-ring (bicyclic) bond motifs is 1. The molecule has 1 amide bonds. The molecule has 0 aliphatic heterocycles. The van der Waals surface area contributed by atoms with Crippen LogP contribution in [-0.2, 0) is 22.4 Å². The molecule has 1 unspecified atom stereocenters. The van der Waals surface area contributed by atoms with E-state index < -0.39 is 24.3 Å². The van der Waals surface area contributed by atoms with Crippen LogP contribution < -0.4 is 10.1 Å². The highest BCUT2D eigenvalue weighted by Crippen LogP contribution is 2.25. The number of rotatable bonds is 10. The first kappa shape index (κ1) is 21.4. The number of amides is 1. The van der Waals surface area contributed by atoms with E-state index in [0.717, 1.165) is 48.2 Å². The van der Waals surface area contributed by atoms with Gasteiger partial charge < -0.3 is 19.6 Å². The molecule has 6 nitrogen and oxygen atoms in total. The van der Waals surface area contributed by atoms with Gasteiger partial charge in [0.25, 0.3) is 0 Å². The third-order valence-electron chi connectivity index (χ3n) is 4.82. The molecule has 0 saturated carbocycles. The maximum absolute atomic E-state index is 11.7. The van der Waals surface area contributed by atoms with Crippen molar-refractivity contribution in [3.05, 3.63) is 65.4 Å². The van der Waals surface area contributed by atoms with Gasteiger partial charge in [-0.3, -0.25) is 9.59 Å². The summed E-state index contributed by atoms with van der Waals surface area (Å²) in [5.74, 6) is -0.197. The summed E-state index contributed by atoms with van der Waals surface area (Å²) in [6.45, 7) is 4.59. The van der Waals surface area contributed by atoms with Gasteiger partial charge >= 0.3 is 5.97 Å². The highest BCUT2D eigenvalue weighted by Gasteiger charge is 2.16. The van der Waals surface area contributed by atoms with Crippen LogP contribution in [0.2, 0.25) is 0 Å². The van der Waals surface area contributed by atoms with Crippen LogP contribution in [0.3, 0.4) is 0 Å². The number of furan rings is 1. The van der Waals surface area contributed by atoms with Crippen molar-refractivity contribution in [2.24, 2.45) is 0 Å². The minimum atomic E-state index is -1.16. The Balaban J connectivity index is 1.61. The van der Waals surface area contributed by atoms with Crippen LogP contribution in [0.25, 0.3) is 11.0 Å². The summed E-state index contributed by atoms with van der Waals surface area (Å²) in [7, 11) is 0. The van der Waals surface area contributed by atoms with Crippen molar-refractivity contribution in [2.45, 2.75) is 45.6 Å². The lowest BCUT2D eigenvalue weighted by Gasteiger charge is -2.09. The molecule has 0 aliphatic rings. The van der Waals surface area contributed by atoms with Crippen LogP contribution in [0.4, 0.5) is 0 Å². The van der Waals surface area contributed by atoms with E-state index in [9.17, 15) is 9.59 Å². The van der Waals surface area contributed by atoms with Crippen molar-refractivity contribution >= 4 is 22.8 Å². The first-order valence-electron chi connectivity index (χ1n) is 10.2. The largest absolute Gasteiger partial charge is 0.494 e. The fraction of sp³-hybridized carbons (Fsp3) is 0.333. The number of hydrogen-bond acceptors (Lipinski definition) is 4. The van der Waals surface area contributed by atoms with E-state index >= 15 is 0 Å². The first-order valence-corrected chi connectivity index (χ1v) is 10.2. The molecule has 0 radical (unpaired) electrons. The maximum atomic E-state index is 11.7. The first-order chi connectivity index (χ1) is 14.4. The van der Waals surface area contributed by atoms with Crippen molar-refractivity contribution in [3.8, 4) is 5.75 Å². The Morgan fingerprint density at radius 1 is 1.07 bits per heavy atom. The number of carboxylic acids is 1. The minimum Gasteiger partial charge on any atom is -0.494 e. The van der Waals surface area contributed by atoms with Gasteiger partial charge in [0.2, 0.25) is 5.91 Å². The third kappa shape index (κ3) is 5.86. The number of carboxylic acid groups (broad SMARTS) is 1. The molecule has 2 N–H and O–H groups in total. The van der Waals surface area contributed by atoms with Crippen LogP contribution in [-0.4, -0.2) is 23.6 Å².